The summed E-state index contributed by atoms with van der Waals surface area (Å²) in [5.74, 6) is -0.0787. The Balaban J connectivity index is 2.00. The van der Waals surface area contributed by atoms with Crippen molar-refractivity contribution in [2.45, 2.75) is 46.3 Å². The van der Waals surface area contributed by atoms with Crippen LogP contribution in [0.5, 0.6) is 0 Å². The van der Waals surface area contributed by atoms with Crippen molar-refractivity contribution in [3.8, 4) is 0 Å². The second-order valence-corrected chi connectivity index (χ2v) is 7.71. The topological polar surface area (TPSA) is 44.4 Å². The third kappa shape index (κ3) is 5.92. The molecule has 140 valence electrons. The Morgan fingerprint density at radius 2 is 1.96 bits per heavy atom. The Kier molecular flexibility index (Phi) is 5.66. The molecule has 1 aliphatic rings. The lowest BCUT2D eigenvalue weighted by Crippen LogP contribution is -2.34. The molecule has 0 bridgehead atoms. The third-order valence-corrected chi connectivity index (χ3v) is 4.21. The zero-order valence-corrected chi connectivity index (χ0v) is 15.1. The van der Waals surface area contributed by atoms with E-state index in [0.29, 0.717) is 19.5 Å². The molecule has 1 saturated heterocycles. The Hall–Kier alpha value is -1.76. The summed E-state index contributed by atoms with van der Waals surface area (Å²) in [6, 6.07) is 5.58. The average Bonchev–Trinajstić information content (AvgIpc) is 2.86. The van der Waals surface area contributed by atoms with Gasteiger partial charge in [-0.1, -0.05) is 26.8 Å². The number of aryl methyl sites for hydroxylation is 1. The number of nitrogens with one attached hydrogen (secondary N) is 2. The van der Waals surface area contributed by atoms with Gasteiger partial charge in [0.1, 0.15) is 0 Å². The molecule has 7 heteroatoms. The molecule has 0 unspecified atom stereocenters. The van der Waals surface area contributed by atoms with Gasteiger partial charge in [-0.3, -0.25) is 9.69 Å². The summed E-state index contributed by atoms with van der Waals surface area (Å²) in [7, 11) is 0. The largest absolute Gasteiger partial charge is 0.401 e. The summed E-state index contributed by atoms with van der Waals surface area (Å²) in [5.41, 5.74) is 1.95. The van der Waals surface area contributed by atoms with Gasteiger partial charge in [-0.05, 0) is 31.0 Å². The zero-order valence-electron chi connectivity index (χ0n) is 15.1. The number of halogens is 3. The average molecular weight is 357 g/mol. The Bertz CT molecular complexity index is 623. The van der Waals surface area contributed by atoms with Crippen LogP contribution in [0.2, 0.25) is 0 Å². The number of hydrogen-bond acceptors (Lipinski definition) is 3. The number of nitrogens with zero attached hydrogens (tertiary/aromatic N) is 1. The quantitative estimate of drug-likeness (QED) is 0.855. The molecule has 2 rings (SSSR count). The van der Waals surface area contributed by atoms with E-state index in [0.717, 1.165) is 16.9 Å². The van der Waals surface area contributed by atoms with E-state index in [4.69, 9.17) is 0 Å². The highest BCUT2D eigenvalue weighted by Crippen LogP contribution is 2.26. The van der Waals surface area contributed by atoms with Crippen LogP contribution in [0.4, 0.5) is 24.5 Å². The molecule has 1 heterocycles. The molecule has 1 atom stereocenters. The van der Waals surface area contributed by atoms with Crippen LogP contribution in [0.15, 0.2) is 18.2 Å². The van der Waals surface area contributed by atoms with E-state index in [2.05, 4.69) is 10.6 Å². The number of carbonyl (C=O) groups excluding carboxylic acids is 1. The standard InChI is InChI=1S/C18H26F3N3O/c1-12-5-6-13(9-15(12)23-16(25)17(2,3)4)22-14-7-8-24(10-14)11-18(19,20)21/h5-6,9,14,22H,7-8,10-11H2,1-4H3,(H,23,25)/t14-/m0/s1. The summed E-state index contributed by atoms with van der Waals surface area (Å²) in [5, 5.41) is 6.19. The first kappa shape index (κ1) is 19.6. The third-order valence-electron chi connectivity index (χ3n) is 4.21. The highest BCUT2D eigenvalue weighted by molar-refractivity contribution is 5.95. The summed E-state index contributed by atoms with van der Waals surface area (Å²) < 4.78 is 37.4. The molecule has 0 radical (unpaired) electrons. The highest BCUT2D eigenvalue weighted by Gasteiger charge is 2.34. The lowest BCUT2D eigenvalue weighted by atomic mass is 9.95. The van der Waals surface area contributed by atoms with Crippen molar-refractivity contribution in [2.24, 2.45) is 5.41 Å². The molecule has 0 spiro atoms. The molecule has 1 aliphatic heterocycles. The van der Waals surface area contributed by atoms with Gasteiger partial charge in [0.25, 0.3) is 0 Å². The van der Waals surface area contributed by atoms with Crippen LogP contribution in [0.25, 0.3) is 0 Å². The van der Waals surface area contributed by atoms with Crippen LogP contribution in [-0.2, 0) is 4.79 Å². The number of carbonyl (C=O) groups is 1. The summed E-state index contributed by atoms with van der Waals surface area (Å²) in [6.45, 7) is 7.34. The van der Waals surface area contributed by atoms with Crippen LogP contribution >= 0.6 is 0 Å². The van der Waals surface area contributed by atoms with Crippen LogP contribution in [0.1, 0.15) is 32.8 Å². The first-order chi connectivity index (χ1) is 11.4. The molecule has 25 heavy (non-hydrogen) atoms. The van der Waals surface area contributed by atoms with Crippen LogP contribution in [0, 0.1) is 12.3 Å². The van der Waals surface area contributed by atoms with Crippen LogP contribution in [-0.4, -0.2) is 42.7 Å². The number of anilines is 2. The number of likely N-dealkylation sites (tertiary alicyclic amines) is 1. The van der Waals surface area contributed by atoms with Gasteiger partial charge in [-0.25, -0.2) is 0 Å². The van der Waals surface area contributed by atoms with Crippen LogP contribution < -0.4 is 10.6 Å². The lowest BCUT2D eigenvalue weighted by molar-refractivity contribution is -0.143. The maximum absolute atomic E-state index is 12.5. The smallest absolute Gasteiger partial charge is 0.381 e. The molecular formula is C18H26F3N3O. The highest BCUT2D eigenvalue weighted by atomic mass is 19.4. The van der Waals surface area contributed by atoms with Crippen molar-refractivity contribution in [1.29, 1.82) is 0 Å². The monoisotopic (exact) mass is 357 g/mol. The van der Waals surface area contributed by atoms with Gasteiger partial charge in [-0.2, -0.15) is 13.2 Å². The van der Waals surface area contributed by atoms with Crippen molar-refractivity contribution >= 4 is 17.3 Å². The molecule has 4 nitrogen and oxygen atoms in total. The summed E-state index contributed by atoms with van der Waals surface area (Å²) in [6.07, 6.45) is -3.50. The minimum Gasteiger partial charge on any atom is -0.381 e. The van der Waals surface area contributed by atoms with Gasteiger partial charge >= 0.3 is 6.18 Å². The number of alkyl halides is 3. The van der Waals surface area contributed by atoms with E-state index < -0.39 is 18.1 Å². The Morgan fingerprint density at radius 1 is 1.28 bits per heavy atom. The van der Waals surface area contributed by atoms with Gasteiger partial charge in [-0.15, -0.1) is 0 Å². The summed E-state index contributed by atoms with van der Waals surface area (Å²) in [4.78, 5) is 13.6. The Morgan fingerprint density at radius 3 is 2.56 bits per heavy atom. The normalized spacial score (nSPS) is 19.1. The fraction of sp³-hybridized carbons (Fsp3) is 0.611. The molecule has 1 aromatic rings. The van der Waals surface area contributed by atoms with E-state index in [1.54, 1.807) is 0 Å². The maximum atomic E-state index is 12.5. The molecule has 2 N–H and O–H groups in total. The number of hydrogen-bond donors (Lipinski definition) is 2. The molecule has 0 aliphatic carbocycles. The van der Waals surface area contributed by atoms with Crippen molar-refractivity contribution in [2.75, 3.05) is 30.3 Å². The minimum absolute atomic E-state index is 0.0313. The SMILES string of the molecule is Cc1ccc(N[C@H]2CCN(CC(F)(F)F)C2)cc1NC(=O)C(C)(C)C. The second kappa shape index (κ2) is 7.23. The molecule has 1 fully saturated rings. The summed E-state index contributed by atoms with van der Waals surface area (Å²) >= 11 is 0. The van der Waals surface area contributed by atoms with Gasteiger partial charge in [0.05, 0.1) is 6.54 Å². The van der Waals surface area contributed by atoms with Gasteiger partial charge < -0.3 is 10.6 Å². The second-order valence-electron chi connectivity index (χ2n) is 7.71. The van der Waals surface area contributed by atoms with E-state index in [1.165, 1.54) is 4.90 Å². The van der Waals surface area contributed by atoms with Gasteiger partial charge in [0.2, 0.25) is 5.91 Å². The predicted octanol–water partition coefficient (Wildman–Crippen LogP) is 4.03. The van der Waals surface area contributed by atoms with Crippen molar-refractivity contribution in [3.63, 3.8) is 0 Å². The van der Waals surface area contributed by atoms with E-state index in [-0.39, 0.29) is 11.9 Å². The number of rotatable bonds is 4. The fourth-order valence-electron chi connectivity index (χ4n) is 2.74. The van der Waals surface area contributed by atoms with Crippen LogP contribution in [0.3, 0.4) is 0 Å². The Labute approximate surface area is 146 Å². The fourth-order valence-corrected chi connectivity index (χ4v) is 2.74. The van der Waals surface area contributed by atoms with E-state index in [9.17, 15) is 18.0 Å². The lowest BCUT2D eigenvalue weighted by Gasteiger charge is -2.21. The minimum atomic E-state index is -4.16. The molecule has 0 saturated carbocycles. The van der Waals surface area contributed by atoms with E-state index in [1.807, 2.05) is 45.9 Å². The number of amides is 1. The van der Waals surface area contributed by atoms with Crippen molar-refractivity contribution in [1.82, 2.24) is 4.90 Å². The first-order valence-corrected chi connectivity index (χ1v) is 8.42. The van der Waals surface area contributed by atoms with Crippen molar-refractivity contribution < 1.29 is 18.0 Å². The zero-order chi connectivity index (χ0) is 18.8. The molecular weight excluding hydrogens is 331 g/mol. The predicted molar refractivity (Wildman–Crippen MR) is 93.8 cm³/mol. The van der Waals surface area contributed by atoms with Gasteiger partial charge in [0.15, 0.2) is 0 Å². The van der Waals surface area contributed by atoms with Gasteiger partial charge in [0, 0.05) is 35.9 Å². The maximum Gasteiger partial charge on any atom is 0.401 e. The van der Waals surface area contributed by atoms with E-state index >= 15 is 0 Å². The van der Waals surface area contributed by atoms with Crippen molar-refractivity contribution in [3.05, 3.63) is 23.8 Å². The number of benzene rings is 1. The molecule has 1 aromatic carbocycles. The molecule has 1 amide bonds. The molecule has 0 aromatic heterocycles. The first-order valence-electron chi connectivity index (χ1n) is 8.42.